The molecule has 0 aliphatic carbocycles. The fourth-order valence-corrected chi connectivity index (χ4v) is 2.66. The number of urea groups is 1. The topological polar surface area (TPSA) is 118 Å². The summed E-state index contributed by atoms with van der Waals surface area (Å²) < 4.78 is 17.0. The van der Waals surface area contributed by atoms with E-state index in [4.69, 9.17) is 25.8 Å². The van der Waals surface area contributed by atoms with E-state index in [0.717, 1.165) is 0 Å². The molecule has 2 aromatic rings. The molecule has 2 heterocycles. The van der Waals surface area contributed by atoms with Crippen LogP contribution in [0.4, 0.5) is 16.3 Å². The van der Waals surface area contributed by atoms with Crippen LogP contribution in [0.1, 0.15) is 12.6 Å². The van der Waals surface area contributed by atoms with Crippen molar-refractivity contribution in [1.29, 1.82) is 5.26 Å². The molecule has 0 radical (unpaired) electrons. The minimum atomic E-state index is -0.587. The number of halogens is 1. The van der Waals surface area contributed by atoms with Crippen molar-refractivity contribution in [3.05, 3.63) is 47.3 Å². The van der Waals surface area contributed by atoms with Crippen molar-refractivity contribution in [3.63, 3.8) is 0 Å². The normalized spacial score (nSPS) is 17.7. The lowest BCUT2D eigenvalue weighted by Gasteiger charge is -2.17. The minimum absolute atomic E-state index is 0.00972. The molecule has 2 amide bonds. The molecule has 2 N–H and O–H groups in total. The average Bonchev–Trinajstić information content (AvgIpc) is 2.70. The Morgan fingerprint density at radius 1 is 1.38 bits per heavy atom. The zero-order valence-corrected chi connectivity index (χ0v) is 16.3. The Hall–Kier alpha value is -3.35. The van der Waals surface area contributed by atoms with E-state index in [2.05, 4.69) is 20.6 Å². The predicted octanol–water partition coefficient (Wildman–Crippen LogP) is 3.38. The molecule has 0 fully saturated rings. The fourth-order valence-electron chi connectivity index (χ4n) is 2.48. The minimum Gasteiger partial charge on any atom is -0.488 e. The number of nitrogens with one attached hydrogen (secondary N) is 2. The molecule has 1 aromatic heterocycles. The van der Waals surface area contributed by atoms with E-state index in [1.165, 1.54) is 6.20 Å². The first-order chi connectivity index (χ1) is 14.1. The zero-order valence-electron chi connectivity index (χ0n) is 15.5. The summed E-state index contributed by atoms with van der Waals surface area (Å²) in [7, 11) is 0. The van der Waals surface area contributed by atoms with Crippen molar-refractivity contribution < 1.29 is 19.0 Å². The second-order valence-electron chi connectivity index (χ2n) is 5.78. The second-order valence-corrected chi connectivity index (χ2v) is 6.22. The van der Waals surface area contributed by atoms with Crippen LogP contribution in [0.25, 0.3) is 0 Å². The van der Waals surface area contributed by atoms with E-state index >= 15 is 0 Å². The number of anilines is 2. The Balaban J connectivity index is 1.94. The summed E-state index contributed by atoms with van der Waals surface area (Å²) in [5.74, 6) is 0.560. The van der Waals surface area contributed by atoms with Gasteiger partial charge in [0.15, 0.2) is 5.82 Å². The number of benzene rings is 1. The first-order valence-electron chi connectivity index (χ1n) is 8.77. The van der Waals surface area contributed by atoms with E-state index in [0.29, 0.717) is 23.1 Å². The van der Waals surface area contributed by atoms with Crippen LogP contribution in [0.2, 0.25) is 5.02 Å². The molecule has 1 atom stereocenters. The molecule has 1 aliphatic heterocycles. The third kappa shape index (κ3) is 5.57. The number of carbonyl (C=O) groups is 1. The van der Waals surface area contributed by atoms with Crippen molar-refractivity contribution in [2.45, 2.75) is 13.0 Å². The molecular formula is C19H18ClN5O4. The van der Waals surface area contributed by atoms with Crippen molar-refractivity contribution in [2.75, 3.05) is 30.5 Å². The molecule has 3 rings (SSSR count). The third-order valence-electron chi connectivity index (χ3n) is 3.73. The largest absolute Gasteiger partial charge is 0.488 e. The third-order valence-corrected chi connectivity index (χ3v) is 3.96. The number of ether oxygens (including phenoxy) is 3. The van der Waals surface area contributed by atoms with Gasteiger partial charge in [-0.05, 0) is 31.2 Å². The van der Waals surface area contributed by atoms with Crippen molar-refractivity contribution in [3.8, 4) is 17.7 Å². The van der Waals surface area contributed by atoms with Crippen molar-refractivity contribution >= 4 is 29.1 Å². The van der Waals surface area contributed by atoms with Gasteiger partial charge in [0.05, 0.1) is 11.9 Å². The SMILES string of the molecule is CCOC1/C=C\COc2nc(cnc2C#N)NC(=O)Nc2cc(Cl)ccc2OC1. The quantitative estimate of drug-likeness (QED) is 0.721. The molecule has 0 saturated carbocycles. The van der Waals surface area contributed by atoms with E-state index < -0.39 is 6.03 Å². The van der Waals surface area contributed by atoms with E-state index in [1.807, 2.05) is 13.0 Å². The summed E-state index contributed by atoms with van der Waals surface area (Å²) in [5.41, 5.74) is 0.387. The number of carbonyl (C=O) groups excluding carboxylic acids is 1. The Labute approximate surface area is 172 Å². The highest BCUT2D eigenvalue weighted by molar-refractivity contribution is 6.31. The van der Waals surface area contributed by atoms with Gasteiger partial charge in [-0.1, -0.05) is 17.7 Å². The number of nitrogens with zero attached hydrogens (tertiary/aromatic N) is 3. The molecule has 1 unspecified atom stereocenters. The van der Waals surface area contributed by atoms with Gasteiger partial charge in [-0.2, -0.15) is 10.2 Å². The average molecular weight is 416 g/mol. The van der Waals surface area contributed by atoms with Crippen molar-refractivity contribution in [2.24, 2.45) is 0 Å². The van der Waals surface area contributed by atoms with Gasteiger partial charge in [0.1, 0.15) is 31.1 Å². The number of fused-ring (bicyclic) bond motifs is 3. The molecular weight excluding hydrogens is 398 g/mol. The molecule has 0 spiro atoms. The van der Waals surface area contributed by atoms with Gasteiger partial charge >= 0.3 is 6.03 Å². The Bertz CT molecular complexity index is 960. The first kappa shape index (κ1) is 20.4. The maximum atomic E-state index is 12.4. The Kier molecular flexibility index (Phi) is 6.84. The van der Waals surface area contributed by atoms with Crippen LogP contribution in [-0.2, 0) is 4.74 Å². The van der Waals surface area contributed by atoms with Crippen LogP contribution in [0, 0.1) is 11.3 Å². The summed E-state index contributed by atoms with van der Waals surface area (Å²) >= 11 is 6.05. The molecule has 9 nitrogen and oxygen atoms in total. The molecule has 1 aliphatic rings. The first-order valence-corrected chi connectivity index (χ1v) is 9.15. The molecule has 1 aromatic carbocycles. The van der Waals surface area contributed by atoms with E-state index in [9.17, 15) is 10.1 Å². The van der Waals surface area contributed by atoms with E-state index in [1.54, 1.807) is 30.4 Å². The van der Waals surface area contributed by atoms with Gasteiger partial charge in [-0.15, -0.1) is 0 Å². The van der Waals surface area contributed by atoms with E-state index in [-0.39, 0.29) is 36.7 Å². The van der Waals surface area contributed by atoms with Crippen LogP contribution in [0.3, 0.4) is 0 Å². The number of aromatic nitrogens is 2. The highest BCUT2D eigenvalue weighted by Crippen LogP contribution is 2.28. The number of nitriles is 1. The lowest BCUT2D eigenvalue weighted by atomic mass is 10.3. The number of amides is 2. The van der Waals surface area contributed by atoms with Gasteiger partial charge in [-0.25, -0.2) is 9.78 Å². The van der Waals surface area contributed by atoms with Crippen LogP contribution in [0.15, 0.2) is 36.5 Å². The molecule has 150 valence electrons. The van der Waals surface area contributed by atoms with Gasteiger partial charge in [0.2, 0.25) is 5.69 Å². The van der Waals surface area contributed by atoms with Crippen LogP contribution >= 0.6 is 11.6 Å². The lowest BCUT2D eigenvalue weighted by Crippen LogP contribution is -2.22. The van der Waals surface area contributed by atoms with Crippen molar-refractivity contribution in [1.82, 2.24) is 9.97 Å². The highest BCUT2D eigenvalue weighted by atomic mass is 35.5. The number of hydrogen-bond donors (Lipinski definition) is 2. The number of rotatable bonds is 2. The maximum absolute atomic E-state index is 12.4. The zero-order chi connectivity index (χ0) is 20.6. The smallest absolute Gasteiger partial charge is 0.325 e. The Morgan fingerprint density at radius 2 is 2.24 bits per heavy atom. The molecule has 0 saturated heterocycles. The summed E-state index contributed by atoms with van der Waals surface area (Å²) in [6.07, 6.45) is 4.44. The standard InChI is InChI=1S/C19H18ClN5O4/c1-2-27-13-4-3-7-28-18-15(9-21)22-10-17(24-18)25-19(26)23-14-8-12(20)5-6-16(14)29-11-13/h3-6,8,10,13H,2,7,11H2,1H3,(H2,23,24,25,26)/b4-3-. The van der Waals surface area contributed by atoms with Gasteiger partial charge in [0, 0.05) is 11.6 Å². The summed E-state index contributed by atoms with van der Waals surface area (Å²) in [4.78, 5) is 20.5. The summed E-state index contributed by atoms with van der Waals surface area (Å²) in [6, 6.07) is 6.20. The monoisotopic (exact) mass is 415 g/mol. The van der Waals surface area contributed by atoms with Crippen LogP contribution in [0.5, 0.6) is 11.6 Å². The maximum Gasteiger partial charge on any atom is 0.325 e. The van der Waals surface area contributed by atoms with Crippen LogP contribution < -0.4 is 20.1 Å². The predicted molar refractivity (Wildman–Crippen MR) is 106 cm³/mol. The molecule has 29 heavy (non-hydrogen) atoms. The van der Waals surface area contributed by atoms with Gasteiger partial charge in [-0.3, -0.25) is 5.32 Å². The Morgan fingerprint density at radius 3 is 3.03 bits per heavy atom. The lowest BCUT2D eigenvalue weighted by molar-refractivity contribution is 0.0586. The van der Waals surface area contributed by atoms with Gasteiger partial charge < -0.3 is 19.5 Å². The summed E-state index contributed by atoms with van der Waals surface area (Å²) in [6.45, 7) is 2.70. The number of hydrogen-bond acceptors (Lipinski definition) is 7. The van der Waals surface area contributed by atoms with Crippen LogP contribution in [-0.4, -0.2) is 41.9 Å². The van der Waals surface area contributed by atoms with Gasteiger partial charge in [0.25, 0.3) is 5.88 Å². The molecule has 10 heteroatoms. The summed E-state index contributed by atoms with van der Waals surface area (Å²) in [5, 5.41) is 14.8. The fraction of sp³-hybridized carbons (Fsp3) is 0.263. The highest BCUT2D eigenvalue weighted by Gasteiger charge is 2.15. The second kappa shape index (κ2) is 9.73. The molecule has 2 bridgehead atoms.